The predicted molar refractivity (Wildman–Crippen MR) is 95.3 cm³/mol. The zero-order valence-electron chi connectivity index (χ0n) is 15.0. The number of furan rings is 1. The van der Waals surface area contributed by atoms with Crippen LogP contribution in [0.4, 0.5) is 0 Å². The molecule has 3 rings (SSSR count). The smallest absolute Gasteiger partial charge is 0.289 e. The van der Waals surface area contributed by atoms with Crippen molar-refractivity contribution < 1.29 is 18.8 Å². The van der Waals surface area contributed by atoms with Gasteiger partial charge in [0.15, 0.2) is 11.5 Å². The second-order valence-corrected chi connectivity index (χ2v) is 7.37. The number of nitrogens with one attached hydrogen (secondary N) is 1. The molecule has 7 heteroatoms. The van der Waals surface area contributed by atoms with E-state index in [4.69, 9.17) is 10.2 Å². The maximum atomic E-state index is 12.5. The third-order valence-electron chi connectivity index (χ3n) is 5.39. The molecule has 3 N–H and O–H groups in total. The molecule has 2 fully saturated rings. The molecule has 2 atom stereocenters. The molecule has 0 bridgehead atoms. The van der Waals surface area contributed by atoms with E-state index in [1.807, 2.05) is 0 Å². The van der Waals surface area contributed by atoms with Gasteiger partial charge in [-0.1, -0.05) is 25.7 Å². The first-order valence-electron chi connectivity index (χ1n) is 9.46. The SMILES string of the molecule is N[C@@H](CC1CCCC1)C(=O)NC1CCCN(C(=O)c2ccco2)CC1=O. The van der Waals surface area contributed by atoms with Crippen LogP contribution in [0.15, 0.2) is 22.8 Å². The molecule has 1 aliphatic heterocycles. The van der Waals surface area contributed by atoms with Gasteiger partial charge in [-0.15, -0.1) is 0 Å². The van der Waals surface area contributed by atoms with Crippen LogP contribution in [0.3, 0.4) is 0 Å². The van der Waals surface area contributed by atoms with Gasteiger partial charge in [0.05, 0.1) is 24.9 Å². The van der Waals surface area contributed by atoms with Crippen molar-refractivity contribution in [1.82, 2.24) is 10.2 Å². The van der Waals surface area contributed by atoms with Crippen molar-refractivity contribution in [3.8, 4) is 0 Å². The fraction of sp³-hybridized carbons (Fsp3) is 0.632. The van der Waals surface area contributed by atoms with Crippen LogP contribution in [0, 0.1) is 5.92 Å². The molecule has 1 aromatic heterocycles. The number of hydrogen-bond donors (Lipinski definition) is 2. The average Bonchev–Trinajstić information content (AvgIpc) is 3.29. The molecule has 2 aliphatic rings. The lowest BCUT2D eigenvalue weighted by Crippen LogP contribution is -2.50. The van der Waals surface area contributed by atoms with Crippen molar-refractivity contribution in [3.05, 3.63) is 24.2 Å². The van der Waals surface area contributed by atoms with E-state index < -0.39 is 12.1 Å². The Morgan fingerprint density at radius 2 is 2.04 bits per heavy atom. The van der Waals surface area contributed by atoms with Gasteiger partial charge in [0.1, 0.15) is 0 Å². The molecule has 1 aliphatic carbocycles. The lowest BCUT2D eigenvalue weighted by molar-refractivity contribution is -0.128. The zero-order chi connectivity index (χ0) is 18.5. The molecule has 1 aromatic rings. The van der Waals surface area contributed by atoms with Crippen molar-refractivity contribution in [2.75, 3.05) is 13.1 Å². The van der Waals surface area contributed by atoms with Crippen LogP contribution in [-0.2, 0) is 9.59 Å². The largest absolute Gasteiger partial charge is 0.459 e. The van der Waals surface area contributed by atoms with Crippen LogP contribution in [0.1, 0.15) is 55.5 Å². The van der Waals surface area contributed by atoms with Crippen LogP contribution in [0.25, 0.3) is 0 Å². The second kappa shape index (κ2) is 8.49. The molecule has 1 saturated carbocycles. The lowest BCUT2D eigenvalue weighted by Gasteiger charge is -2.21. The zero-order valence-corrected chi connectivity index (χ0v) is 15.0. The van der Waals surface area contributed by atoms with Gasteiger partial charge in [-0.3, -0.25) is 14.4 Å². The highest BCUT2D eigenvalue weighted by Gasteiger charge is 2.31. The van der Waals surface area contributed by atoms with E-state index in [2.05, 4.69) is 5.32 Å². The third-order valence-corrected chi connectivity index (χ3v) is 5.39. The third kappa shape index (κ3) is 4.52. The summed E-state index contributed by atoms with van der Waals surface area (Å²) >= 11 is 0. The standard InChI is InChI=1S/C19H27N3O4/c20-14(11-13-5-1-2-6-13)18(24)21-15-7-3-9-22(12-16(15)23)19(25)17-8-4-10-26-17/h4,8,10,13-15H,1-3,5-7,9,11-12,20H2,(H,21,24)/t14-,15?/m0/s1. The summed E-state index contributed by atoms with van der Waals surface area (Å²) in [7, 11) is 0. The minimum absolute atomic E-state index is 0.0255. The Bertz CT molecular complexity index is 637. The normalized spacial score (nSPS) is 22.9. The summed E-state index contributed by atoms with van der Waals surface area (Å²) in [5, 5.41) is 2.80. The van der Waals surface area contributed by atoms with Gasteiger partial charge in [-0.05, 0) is 37.3 Å². The van der Waals surface area contributed by atoms with Crippen molar-refractivity contribution >= 4 is 17.6 Å². The minimum Gasteiger partial charge on any atom is -0.459 e. The van der Waals surface area contributed by atoms with Gasteiger partial charge >= 0.3 is 0 Å². The molecule has 1 unspecified atom stereocenters. The molecular weight excluding hydrogens is 334 g/mol. The number of Topliss-reactive ketones (excluding diaryl/α,β-unsaturated/α-hetero) is 1. The summed E-state index contributed by atoms with van der Waals surface area (Å²) in [6, 6.07) is 2.07. The number of rotatable bonds is 5. The monoisotopic (exact) mass is 361 g/mol. The molecule has 142 valence electrons. The van der Waals surface area contributed by atoms with E-state index in [1.165, 1.54) is 24.0 Å². The van der Waals surface area contributed by atoms with Crippen LogP contribution < -0.4 is 11.1 Å². The molecule has 2 amide bonds. The number of hydrogen-bond acceptors (Lipinski definition) is 5. The molecule has 0 radical (unpaired) electrons. The highest BCUT2D eigenvalue weighted by Crippen LogP contribution is 2.28. The minimum atomic E-state index is -0.577. The predicted octanol–water partition coefficient (Wildman–Crippen LogP) is 1.48. The first-order valence-corrected chi connectivity index (χ1v) is 9.46. The summed E-state index contributed by atoms with van der Waals surface area (Å²) in [5.41, 5.74) is 6.04. The number of carbonyl (C=O) groups is 3. The van der Waals surface area contributed by atoms with Gasteiger partial charge in [-0.25, -0.2) is 0 Å². The summed E-state index contributed by atoms with van der Waals surface area (Å²) in [6.45, 7) is 0.439. The van der Waals surface area contributed by atoms with Gasteiger partial charge in [0.25, 0.3) is 5.91 Å². The number of nitrogens with zero attached hydrogens (tertiary/aromatic N) is 1. The van der Waals surface area contributed by atoms with E-state index in [0.717, 1.165) is 12.8 Å². The fourth-order valence-corrected chi connectivity index (χ4v) is 3.90. The van der Waals surface area contributed by atoms with Crippen LogP contribution in [-0.4, -0.2) is 47.7 Å². The van der Waals surface area contributed by atoms with Crippen LogP contribution in [0.2, 0.25) is 0 Å². The van der Waals surface area contributed by atoms with E-state index >= 15 is 0 Å². The highest BCUT2D eigenvalue weighted by atomic mass is 16.3. The van der Waals surface area contributed by atoms with E-state index in [0.29, 0.717) is 31.7 Å². The quantitative estimate of drug-likeness (QED) is 0.826. The maximum Gasteiger partial charge on any atom is 0.289 e. The average molecular weight is 361 g/mol. The Kier molecular flexibility index (Phi) is 6.08. The summed E-state index contributed by atoms with van der Waals surface area (Å²) in [6.07, 6.45) is 7.95. The highest BCUT2D eigenvalue weighted by molar-refractivity contribution is 5.97. The number of amides is 2. The van der Waals surface area contributed by atoms with Gasteiger partial charge in [-0.2, -0.15) is 0 Å². The molecule has 2 heterocycles. The Balaban J connectivity index is 1.53. The number of likely N-dealkylation sites (tertiary alicyclic amines) is 1. The maximum absolute atomic E-state index is 12.5. The van der Waals surface area contributed by atoms with E-state index in [9.17, 15) is 14.4 Å². The summed E-state index contributed by atoms with van der Waals surface area (Å²) in [5.74, 6) is 0.0130. The van der Waals surface area contributed by atoms with Crippen molar-refractivity contribution in [3.63, 3.8) is 0 Å². The van der Waals surface area contributed by atoms with Crippen molar-refractivity contribution in [1.29, 1.82) is 0 Å². The molecular formula is C19H27N3O4. The van der Waals surface area contributed by atoms with E-state index in [1.54, 1.807) is 12.1 Å². The van der Waals surface area contributed by atoms with Gasteiger partial charge < -0.3 is 20.4 Å². The fourth-order valence-electron chi connectivity index (χ4n) is 3.90. The van der Waals surface area contributed by atoms with Crippen LogP contribution >= 0.6 is 0 Å². The molecule has 0 aromatic carbocycles. The Labute approximate surface area is 153 Å². The molecule has 0 spiro atoms. The first-order chi connectivity index (χ1) is 12.5. The number of ketones is 1. The summed E-state index contributed by atoms with van der Waals surface area (Å²) < 4.78 is 5.12. The Morgan fingerprint density at radius 3 is 2.73 bits per heavy atom. The molecule has 7 nitrogen and oxygen atoms in total. The van der Waals surface area contributed by atoms with E-state index in [-0.39, 0.29) is 29.9 Å². The summed E-state index contributed by atoms with van der Waals surface area (Å²) in [4.78, 5) is 38.7. The van der Waals surface area contributed by atoms with Gasteiger partial charge in [0, 0.05) is 6.54 Å². The number of nitrogens with two attached hydrogens (primary N) is 1. The second-order valence-electron chi connectivity index (χ2n) is 7.37. The van der Waals surface area contributed by atoms with Crippen molar-refractivity contribution in [2.24, 2.45) is 11.7 Å². The van der Waals surface area contributed by atoms with Gasteiger partial charge in [0.2, 0.25) is 5.91 Å². The molecule has 1 saturated heterocycles. The topological polar surface area (TPSA) is 106 Å². The number of carbonyl (C=O) groups excluding carboxylic acids is 3. The van der Waals surface area contributed by atoms with Crippen molar-refractivity contribution in [2.45, 2.75) is 57.0 Å². The molecule has 26 heavy (non-hydrogen) atoms. The lowest BCUT2D eigenvalue weighted by atomic mass is 9.98. The first kappa shape index (κ1) is 18.6. The van der Waals surface area contributed by atoms with Crippen LogP contribution in [0.5, 0.6) is 0 Å². The Morgan fingerprint density at radius 1 is 1.27 bits per heavy atom. The Hall–Kier alpha value is -2.15.